The second-order valence-corrected chi connectivity index (χ2v) is 10.6. The second-order valence-electron chi connectivity index (χ2n) is 10.6. The first-order chi connectivity index (χ1) is 19.9. The van der Waals surface area contributed by atoms with Crippen molar-refractivity contribution in [2.75, 3.05) is 0 Å². The molecule has 5 atom stereocenters. The van der Waals surface area contributed by atoms with Crippen LogP contribution < -0.4 is 9.47 Å². The van der Waals surface area contributed by atoms with Gasteiger partial charge in [-0.25, -0.2) is 0 Å². The summed E-state index contributed by atoms with van der Waals surface area (Å²) in [6.07, 6.45) is -5.01. The Labute approximate surface area is 239 Å². The molecule has 42 heavy (non-hydrogen) atoms. The number of aliphatic hydroxyl groups excluding tert-OH is 2. The number of benzene rings is 4. The molecule has 4 aromatic carbocycles. The number of aromatic hydroxyl groups is 7. The van der Waals surface area contributed by atoms with E-state index < -0.39 is 53.3 Å². The van der Waals surface area contributed by atoms with Crippen LogP contribution in [0, 0.1) is 6.92 Å². The molecule has 9 N–H and O–H groups in total. The van der Waals surface area contributed by atoms with Crippen LogP contribution in [0.25, 0.3) is 0 Å². The van der Waals surface area contributed by atoms with Crippen molar-refractivity contribution in [1.29, 1.82) is 0 Å². The van der Waals surface area contributed by atoms with Gasteiger partial charge in [-0.1, -0.05) is 12.1 Å². The molecule has 4 aromatic rings. The number of fused-ring (bicyclic) bond motifs is 2. The maximum absolute atomic E-state index is 11.8. The van der Waals surface area contributed by atoms with E-state index >= 15 is 0 Å². The fourth-order valence-electron chi connectivity index (χ4n) is 5.85. The maximum atomic E-state index is 11.8. The van der Waals surface area contributed by atoms with E-state index in [0.717, 1.165) is 12.1 Å². The Kier molecular flexibility index (Phi) is 6.36. The zero-order valence-corrected chi connectivity index (χ0v) is 22.1. The molecular formula is C31H28O11. The lowest BCUT2D eigenvalue weighted by Gasteiger charge is -2.40. The molecule has 0 saturated heterocycles. The van der Waals surface area contributed by atoms with Crippen LogP contribution in [0.5, 0.6) is 51.7 Å². The maximum Gasteiger partial charge on any atom is 0.157 e. The van der Waals surface area contributed by atoms with Gasteiger partial charge >= 0.3 is 0 Å². The van der Waals surface area contributed by atoms with Gasteiger partial charge in [-0.05, 0) is 47.9 Å². The summed E-state index contributed by atoms with van der Waals surface area (Å²) in [4.78, 5) is 0. The number of aliphatic hydroxyl groups is 2. The van der Waals surface area contributed by atoms with Gasteiger partial charge in [0.15, 0.2) is 17.6 Å². The Hall–Kier alpha value is -5.00. The minimum atomic E-state index is -1.55. The molecule has 6 rings (SSSR count). The molecule has 11 nitrogen and oxygen atoms in total. The van der Waals surface area contributed by atoms with Gasteiger partial charge in [0.05, 0.1) is 12.0 Å². The minimum absolute atomic E-state index is 0.00879. The lowest BCUT2D eigenvalue weighted by atomic mass is 9.77. The molecule has 2 aliphatic heterocycles. The lowest BCUT2D eigenvalue weighted by Crippen LogP contribution is -2.36. The van der Waals surface area contributed by atoms with Crippen LogP contribution in [-0.2, 0) is 6.42 Å². The molecule has 218 valence electrons. The van der Waals surface area contributed by atoms with Gasteiger partial charge in [-0.3, -0.25) is 0 Å². The lowest BCUT2D eigenvalue weighted by molar-refractivity contribution is 0.00117. The van der Waals surface area contributed by atoms with Crippen molar-refractivity contribution in [3.63, 3.8) is 0 Å². The number of ether oxygens (including phenoxy) is 2. The number of hydrogen-bond acceptors (Lipinski definition) is 11. The smallest absolute Gasteiger partial charge is 0.157 e. The quantitative estimate of drug-likeness (QED) is 0.161. The van der Waals surface area contributed by atoms with Crippen LogP contribution in [0.2, 0.25) is 0 Å². The number of phenols is 7. The first kappa shape index (κ1) is 27.2. The third-order valence-corrected chi connectivity index (χ3v) is 7.89. The second kappa shape index (κ2) is 9.82. The van der Waals surface area contributed by atoms with Gasteiger partial charge in [0, 0.05) is 41.3 Å². The van der Waals surface area contributed by atoms with Crippen LogP contribution in [0.15, 0.2) is 54.6 Å². The Bertz CT molecular complexity index is 1720. The van der Waals surface area contributed by atoms with Gasteiger partial charge in [0.2, 0.25) is 0 Å². The summed E-state index contributed by atoms with van der Waals surface area (Å²) in [6, 6.07) is 11.8. The van der Waals surface area contributed by atoms with Crippen LogP contribution in [0.1, 0.15) is 51.5 Å². The molecule has 0 saturated carbocycles. The summed E-state index contributed by atoms with van der Waals surface area (Å²) in [7, 11) is 0. The summed E-state index contributed by atoms with van der Waals surface area (Å²) in [5.41, 5.74) is 1.41. The van der Waals surface area contributed by atoms with Crippen LogP contribution in [-0.4, -0.2) is 58.2 Å². The minimum Gasteiger partial charge on any atom is -0.508 e. The predicted octanol–water partition coefficient (Wildman–Crippen LogP) is 3.60. The average Bonchev–Trinajstić information content (AvgIpc) is 2.93. The van der Waals surface area contributed by atoms with Crippen molar-refractivity contribution in [1.82, 2.24) is 0 Å². The van der Waals surface area contributed by atoms with Crippen LogP contribution >= 0.6 is 0 Å². The topological polar surface area (TPSA) is 201 Å². The highest BCUT2D eigenvalue weighted by Crippen LogP contribution is 2.57. The summed E-state index contributed by atoms with van der Waals surface area (Å²) >= 11 is 0. The standard InChI is InChI=1S/C31H28O11/c1-12-6-13(2-4-17(12)33)29-23(39)10-16-19(35)11-22(38)26(31(16)42-29)27-25-21(37)8-15(32)9-24(25)41-30(28(27)40)14-3-5-18(34)20(36)7-14/h2-9,11,23,27-30,32-40H,10H2,1H3/t23-,27-,28-,29+,30+/m0/s1. The predicted molar refractivity (Wildman–Crippen MR) is 146 cm³/mol. The van der Waals surface area contributed by atoms with Crippen molar-refractivity contribution in [2.45, 2.75) is 43.7 Å². The fraction of sp³-hybridized carbons (Fsp3) is 0.226. The van der Waals surface area contributed by atoms with Crippen molar-refractivity contribution >= 4 is 0 Å². The first-order valence-electron chi connectivity index (χ1n) is 13.1. The van der Waals surface area contributed by atoms with E-state index in [0.29, 0.717) is 11.1 Å². The first-order valence-corrected chi connectivity index (χ1v) is 13.1. The van der Waals surface area contributed by atoms with E-state index in [9.17, 15) is 46.0 Å². The highest BCUT2D eigenvalue weighted by atomic mass is 16.5. The van der Waals surface area contributed by atoms with Gasteiger partial charge in [-0.2, -0.15) is 0 Å². The fourth-order valence-corrected chi connectivity index (χ4v) is 5.85. The SMILES string of the molecule is Cc1cc([C@H]2Oc3c(c(O)cc(O)c3[C@@H]3c4c(O)cc(O)cc4O[C@H](c4ccc(O)c(O)c4)[C@H]3O)C[C@@H]2O)ccc1O. The van der Waals surface area contributed by atoms with Gasteiger partial charge in [0.1, 0.15) is 52.5 Å². The van der Waals surface area contributed by atoms with Crippen molar-refractivity contribution in [3.8, 4) is 51.7 Å². The van der Waals surface area contributed by atoms with Crippen molar-refractivity contribution < 1.29 is 55.4 Å². The number of hydrogen-bond donors (Lipinski definition) is 9. The zero-order valence-electron chi connectivity index (χ0n) is 22.1. The van der Waals surface area contributed by atoms with Gasteiger partial charge < -0.3 is 55.4 Å². The zero-order chi connectivity index (χ0) is 30.0. The molecule has 2 heterocycles. The van der Waals surface area contributed by atoms with Crippen LogP contribution in [0.3, 0.4) is 0 Å². The van der Waals surface area contributed by atoms with Gasteiger partial charge in [0.25, 0.3) is 0 Å². The third kappa shape index (κ3) is 4.30. The van der Waals surface area contributed by atoms with Crippen molar-refractivity contribution in [2.24, 2.45) is 0 Å². The van der Waals surface area contributed by atoms with Gasteiger partial charge in [-0.15, -0.1) is 0 Å². The number of aryl methyl sites for hydroxylation is 1. The molecule has 0 bridgehead atoms. The molecule has 11 heteroatoms. The highest BCUT2D eigenvalue weighted by molar-refractivity contribution is 5.65. The molecule has 0 unspecified atom stereocenters. The monoisotopic (exact) mass is 576 g/mol. The molecular weight excluding hydrogens is 548 g/mol. The summed E-state index contributed by atoms with van der Waals surface area (Å²) in [6.45, 7) is 1.68. The van der Waals surface area contributed by atoms with E-state index in [-0.39, 0.29) is 57.4 Å². The molecule has 2 aliphatic rings. The third-order valence-electron chi connectivity index (χ3n) is 7.89. The summed E-state index contributed by atoms with van der Waals surface area (Å²) in [5.74, 6) is -3.82. The Balaban J connectivity index is 1.55. The molecule has 0 fully saturated rings. The Morgan fingerprint density at radius 1 is 0.619 bits per heavy atom. The van der Waals surface area contributed by atoms with E-state index in [1.807, 2.05) is 0 Å². The molecule has 0 spiro atoms. The van der Waals surface area contributed by atoms with E-state index in [1.54, 1.807) is 19.1 Å². The Morgan fingerprint density at radius 3 is 1.98 bits per heavy atom. The summed E-state index contributed by atoms with van der Waals surface area (Å²) < 4.78 is 12.2. The van der Waals surface area contributed by atoms with E-state index in [2.05, 4.69) is 0 Å². The summed E-state index contributed by atoms with van der Waals surface area (Å²) in [5, 5.41) is 95.9. The average molecular weight is 577 g/mol. The van der Waals surface area contributed by atoms with E-state index in [4.69, 9.17) is 9.47 Å². The number of rotatable bonds is 3. The van der Waals surface area contributed by atoms with Crippen molar-refractivity contribution in [3.05, 3.63) is 88.0 Å². The Morgan fingerprint density at radius 2 is 1.29 bits per heavy atom. The molecule has 0 aromatic heterocycles. The molecule has 0 radical (unpaired) electrons. The normalized spacial score (nSPS) is 22.9. The largest absolute Gasteiger partial charge is 0.508 e. The van der Waals surface area contributed by atoms with E-state index in [1.165, 1.54) is 30.3 Å². The highest BCUT2D eigenvalue weighted by Gasteiger charge is 2.46. The molecule has 0 aliphatic carbocycles. The van der Waals surface area contributed by atoms with Crippen LogP contribution in [0.4, 0.5) is 0 Å². The molecule has 0 amide bonds. The number of phenolic OH excluding ortho intramolecular Hbond substituents is 7.